The fourth-order valence-electron chi connectivity index (χ4n) is 1.67. The number of rotatable bonds is 2. The maximum Gasteiger partial charge on any atom is 0.170 e. The summed E-state index contributed by atoms with van der Waals surface area (Å²) in [5.74, 6) is 0.166. The van der Waals surface area contributed by atoms with Crippen molar-refractivity contribution in [3.8, 4) is 0 Å². The van der Waals surface area contributed by atoms with E-state index < -0.39 is 0 Å². The van der Waals surface area contributed by atoms with E-state index in [2.05, 4.69) is 24.5 Å². The van der Waals surface area contributed by atoms with Gasteiger partial charge in [0.1, 0.15) is 0 Å². The van der Waals surface area contributed by atoms with E-state index in [1.807, 2.05) is 6.92 Å². The molecule has 0 bridgehead atoms. The summed E-state index contributed by atoms with van der Waals surface area (Å²) < 4.78 is 1.21. The highest BCUT2D eigenvalue weighted by Crippen LogP contribution is 2.33. The van der Waals surface area contributed by atoms with E-state index in [-0.39, 0.29) is 5.78 Å². The zero-order chi connectivity index (χ0) is 11.0. The molecule has 2 aromatic rings. The minimum Gasteiger partial charge on any atom is -0.294 e. The molecule has 0 spiro atoms. The number of benzene rings is 1. The zero-order valence-electron chi connectivity index (χ0n) is 8.96. The van der Waals surface area contributed by atoms with Gasteiger partial charge in [0.2, 0.25) is 0 Å². The molecule has 0 amide bonds. The lowest BCUT2D eigenvalue weighted by molar-refractivity contribution is 0.102. The van der Waals surface area contributed by atoms with Crippen LogP contribution in [0.4, 0.5) is 0 Å². The normalized spacial score (nSPS) is 10.9. The second kappa shape index (κ2) is 3.99. The third kappa shape index (κ3) is 1.82. The SMILES string of the molecule is CSc1ccc2c(C)c(C(C)=O)sc2c1. The number of fused-ring (bicyclic) bond motifs is 1. The van der Waals surface area contributed by atoms with Crippen molar-refractivity contribution < 1.29 is 4.79 Å². The minimum absolute atomic E-state index is 0.166. The number of ketones is 1. The molecule has 0 aliphatic carbocycles. The van der Waals surface area contributed by atoms with E-state index in [1.165, 1.54) is 15.0 Å². The van der Waals surface area contributed by atoms with Gasteiger partial charge >= 0.3 is 0 Å². The summed E-state index contributed by atoms with van der Waals surface area (Å²) in [7, 11) is 0. The lowest BCUT2D eigenvalue weighted by Crippen LogP contribution is -1.88. The van der Waals surface area contributed by atoms with E-state index in [4.69, 9.17) is 0 Å². The number of carbonyl (C=O) groups is 1. The molecule has 0 aliphatic rings. The topological polar surface area (TPSA) is 17.1 Å². The number of thiophene rings is 1. The molecule has 1 heterocycles. The number of Topliss-reactive ketones (excluding diaryl/α,β-unsaturated/α-hetero) is 1. The van der Waals surface area contributed by atoms with Gasteiger partial charge in [-0.25, -0.2) is 0 Å². The third-order valence-electron chi connectivity index (χ3n) is 2.47. The van der Waals surface area contributed by atoms with Crippen LogP contribution in [0.25, 0.3) is 10.1 Å². The molecule has 15 heavy (non-hydrogen) atoms. The van der Waals surface area contributed by atoms with Gasteiger partial charge in [0.25, 0.3) is 0 Å². The Morgan fingerprint density at radius 3 is 2.73 bits per heavy atom. The van der Waals surface area contributed by atoms with Crippen molar-refractivity contribution in [2.45, 2.75) is 18.7 Å². The van der Waals surface area contributed by atoms with Gasteiger partial charge in [0.05, 0.1) is 4.88 Å². The molecule has 1 aromatic carbocycles. The molecule has 0 atom stereocenters. The fraction of sp³-hybridized carbons (Fsp3) is 0.250. The minimum atomic E-state index is 0.166. The Labute approximate surface area is 97.5 Å². The fourth-order valence-corrected chi connectivity index (χ4v) is 3.33. The first kappa shape index (κ1) is 10.7. The van der Waals surface area contributed by atoms with Crippen LogP contribution >= 0.6 is 23.1 Å². The summed E-state index contributed by atoms with van der Waals surface area (Å²) in [6, 6.07) is 6.38. The molecule has 0 saturated carbocycles. The van der Waals surface area contributed by atoms with E-state index in [0.717, 1.165) is 10.4 Å². The molecule has 78 valence electrons. The standard InChI is InChI=1S/C12H12OS2/c1-7-10-5-4-9(14-3)6-11(10)15-12(7)8(2)13/h4-6H,1-3H3. The predicted octanol–water partition coefficient (Wildman–Crippen LogP) is 4.13. The Kier molecular flexibility index (Phi) is 2.85. The molecule has 0 N–H and O–H groups in total. The molecule has 0 aliphatic heterocycles. The molecule has 3 heteroatoms. The highest BCUT2D eigenvalue weighted by molar-refractivity contribution is 7.98. The van der Waals surface area contributed by atoms with Gasteiger partial charge in [-0.15, -0.1) is 23.1 Å². The quantitative estimate of drug-likeness (QED) is 0.576. The van der Waals surface area contributed by atoms with Gasteiger partial charge in [-0.05, 0) is 43.2 Å². The first-order valence-corrected chi connectivity index (χ1v) is 6.75. The third-order valence-corrected chi connectivity index (χ3v) is 4.55. The summed E-state index contributed by atoms with van der Waals surface area (Å²) in [5, 5.41) is 1.21. The Bertz CT molecular complexity index is 526. The molecular formula is C12H12OS2. The monoisotopic (exact) mass is 236 g/mol. The van der Waals surface area contributed by atoms with E-state index >= 15 is 0 Å². The van der Waals surface area contributed by atoms with Gasteiger partial charge in [-0.3, -0.25) is 4.79 Å². The van der Waals surface area contributed by atoms with Crippen LogP contribution in [0.15, 0.2) is 23.1 Å². The van der Waals surface area contributed by atoms with Gasteiger partial charge in [-0.2, -0.15) is 0 Å². The number of thioether (sulfide) groups is 1. The Morgan fingerprint density at radius 2 is 2.13 bits per heavy atom. The first-order valence-electron chi connectivity index (χ1n) is 4.71. The molecule has 0 fully saturated rings. The lowest BCUT2D eigenvalue weighted by atomic mass is 10.1. The van der Waals surface area contributed by atoms with Gasteiger partial charge < -0.3 is 0 Å². The average molecular weight is 236 g/mol. The summed E-state index contributed by atoms with van der Waals surface area (Å²) in [4.78, 5) is 13.5. The number of aryl methyl sites for hydroxylation is 1. The highest BCUT2D eigenvalue weighted by Gasteiger charge is 2.11. The largest absolute Gasteiger partial charge is 0.294 e. The van der Waals surface area contributed by atoms with Gasteiger partial charge in [0, 0.05) is 9.60 Å². The van der Waals surface area contributed by atoms with Crippen LogP contribution in [0.1, 0.15) is 22.2 Å². The maximum atomic E-state index is 11.4. The van der Waals surface area contributed by atoms with Gasteiger partial charge in [-0.1, -0.05) is 6.07 Å². The molecule has 0 unspecified atom stereocenters. The van der Waals surface area contributed by atoms with Crippen LogP contribution in [-0.2, 0) is 0 Å². The van der Waals surface area contributed by atoms with Crippen molar-refractivity contribution in [3.05, 3.63) is 28.6 Å². The van der Waals surface area contributed by atoms with Crippen LogP contribution in [0, 0.1) is 6.92 Å². The van der Waals surface area contributed by atoms with Crippen LogP contribution in [0.2, 0.25) is 0 Å². The molecule has 0 saturated heterocycles. The van der Waals surface area contributed by atoms with Crippen LogP contribution in [-0.4, -0.2) is 12.0 Å². The predicted molar refractivity (Wildman–Crippen MR) is 68.3 cm³/mol. The zero-order valence-corrected chi connectivity index (χ0v) is 10.6. The summed E-state index contributed by atoms with van der Waals surface area (Å²) in [6.45, 7) is 3.65. The number of carbonyl (C=O) groups excluding carboxylic acids is 1. The second-order valence-electron chi connectivity index (χ2n) is 3.47. The smallest absolute Gasteiger partial charge is 0.170 e. The summed E-state index contributed by atoms with van der Waals surface area (Å²) in [6.07, 6.45) is 2.06. The van der Waals surface area contributed by atoms with E-state index in [1.54, 1.807) is 30.0 Å². The van der Waals surface area contributed by atoms with Gasteiger partial charge in [0.15, 0.2) is 5.78 Å². The molecule has 1 aromatic heterocycles. The van der Waals surface area contributed by atoms with Crippen molar-refractivity contribution in [1.29, 1.82) is 0 Å². The summed E-state index contributed by atoms with van der Waals surface area (Å²) >= 11 is 3.33. The molecule has 0 radical (unpaired) electrons. The number of hydrogen-bond donors (Lipinski definition) is 0. The van der Waals surface area contributed by atoms with Crippen LogP contribution in [0.5, 0.6) is 0 Å². The Balaban J connectivity index is 2.70. The number of hydrogen-bond acceptors (Lipinski definition) is 3. The molecular weight excluding hydrogens is 224 g/mol. The Morgan fingerprint density at radius 1 is 1.40 bits per heavy atom. The lowest BCUT2D eigenvalue weighted by Gasteiger charge is -1.96. The van der Waals surface area contributed by atoms with E-state index in [9.17, 15) is 4.79 Å². The average Bonchev–Trinajstić information content (AvgIpc) is 2.55. The van der Waals surface area contributed by atoms with Crippen LogP contribution < -0.4 is 0 Å². The molecule has 1 nitrogen and oxygen atoms in total. The summed E-state index contributed by atoms with van der Waals surface area (Å²) in [5.41, 5.74) is 1.12. The Hall–Kier alpha value is -0.800. The van der Waals surface area contributed by atoms with Crippen molar-refractivity contribution >= 4 is 39.0 Å². The van der Waals surface area contributed by atoms with Crippen LogP contribution in [0.3, 0.4) is 0 Å². The van der Waals surface area contributed by atoms with E-state index in [0.29, 0.717) is 0 Å². The van der Waals surface area contributed by atoms with Crippen molar-refractivity contribution in [2.24, 2.45) is 0 Å². The second-order valence-corrected chi connectivity index (χ2v) is 5.41. The first-order chi connectivity index (χ1) is 7.13. The van der Waals surface area contributed by atoms with Crippen molar-refractivity contribution in [3.63, 3.8) is 0 Å². The van der Waals surface area contributed by atoms with Crippen molar-refractivity contribution in [2.75, 3.05) is 6.26 Å². The maximum absolute atomic E-state index is 11.4. The molecule has 2 rings (SSSR count). The van der Waals surface area contributed by atoms with Crippen molar-refractivity contribution in [1.82, 2.24) is 0 Å². The highest BCUT2D eigenvalue weighted by atomic mass is 32.2.